The molecule has 0 fully saturated rings. The van der Waals surface area contributed by atoms with Gasteiger partial charge in [0.25, 0.3) is 0 Å². The molecule has 0 saturated heterocycles. The van der Waals surface area contributed by atoms with Gasteiger partial charge >= 0.3 is 5.97 Å². The van der Waals surface area contributed by atoms with Crippen LogP contribution in [-0.4, -0.2) is 36.4 Å². The molecule has 0 unspecified atom stereocenters. The summed E-state index contributed by atoms with van der Waals surface area (Å²) in [7, 11) is -3.85. The Hall–Kier alpha value is -1.11. The number of rotatable bonds is 4. The Morgan fingerprint density at radius 1 is 1.09 bits per heavy atom. The molecule has 0 atom stereocenters. The molecule has 130 valence electrons. The number of halogens is 1. The van der Waals surface area contributed by atoms with Crippen molar-refractivity contribution in [2.45, 2.75) is 57.6 Å². The van der Waals surface area contributed by atoms with Crippen molar-refractivity contribution in [3.05, 3.63) is 29.3 Å². The van der Waals surface area contributed by atoms with Gasteiger partial charge in [0, 0.05) is 10.6 Å². The fraction of sp³-hybridized carbons (Fsp3) is 0.562. The van der Waals surface area contributed by atoms with Crippen molar-refractivity contribution in [1.82, 2.24) is 4.31 Å². The molecule has 0 aliphatic heterocycles. The first-order valence-corrected chi connectivity index (χ1v) is 9.05. The lowest BCUT2D eigenvalue weighted by molar-refractivity contribution is -0.155. The van der Waals surface area contributed by atoms with Crippen LogP contribution in [0.3, 0.4) is 0 Å². The minimum absolute atomic E-state index is 0.0837. The average molecular weight is 362 g/mol. The van der Waals surface area contributed by atoms with Crippen LogP contribution in [-0.2, 0) is 19.6 Å². The summed E-state index contributed by atoms with van der Waals surface area (Å²) >= 11 is 5.81. The zero-order valence-electron chi connectivity index (χ0n) is 14.4. The molecule has 0 radical (unpaired) electrons. The van der Waals surface area contributed by atoms with Crippen LogP contribution < -0.4 is 0 Å². The number of nitrogens with zero attached hydrogens (tertiary/aromatic N) is 1. The van der Waals surface area contributed by atoms with E-state index in [1.165, 1.54) is 24.3 Å². The van der Waals surface area contributed by atoms with Crippen LogP contribution in [0.1, 0.15) is 41.5 Å². The van der Waals surface area contributed by atoms with E-state index in [0.29, 0.717) is 5.02 Å². The summed E-state index contributed by atoms with van der Waals surface area (Å²) in [6.45, 7) is 10.0. The highest BCUT2D eigenvalue weighted by atomic mass is 35.5. The Labute approximate surface area is 143 Å². The molecular formula is C16H24ClNO4S. The predicted octanol–water partition coefficient (Wildman–Crippen LogP) is 3.47. The van der Waals surface area contributed by atoms with E-state index in [4.69, 9.17) is 16.3 Å². The van der Waals surface area contributed by atoms with E-state index < -0.39 is 27.1 Å². The third-order valence-electron chi connectivity index (χ3n) is 2.84. The number of esters is 1. The summed E-state index contributed by atoms with van der Waals surface area (Å²) in [5.74, 6) is -0.593. The zero-order chi connectivity index (χ0) is 18.1. The van der Waals surface area contributed by atoms with Gasteiger partial charge in [-0.25, -0.2) is 8.42 Å². The Bertz CT molecular complexity index is 655. The van der Waals surface area contributed by atoms with Crippen LogP contribution in [0.2, 0.25) is 5.02 Å². The highest BCUT2D eigenvalue weighted by Gasteiger charge is 2.36. The van der Waals surface area contributed by atoms with Crippen LogP contribution in [0.15, 0.2) is 29.2 Å². The minimum Gasteiger partial charge on any atom is -0.459 e. The van der Waals surface area contributed by atoms with Gasteiger partial charge in [0.15, 0.2) is 0 Å². The Morgan fingerprint density at radius 3 is 1.96 bits per heavy atom. The topological polar surface area (TPSA) is 63.7 Å². The highest BCUT2D eigenvalue weighted by Crippen LogP contribution is 2.25. The standard InChI is InChI=1S/C16H24ClNO4S/c1-15(2,3)18(11-14(19)22-16(4,5)6)23(20,21)13-9-7-12(17)8-10-13/h7-10H,11H2,1-6H3. The molecule has 5 nitrogen and oxygen atoms in total. The molecule has 1 rings (SSSR count). The molecular weight excluding hydrogens is 338 g/mol. The maximum atomic E-state index is 12.9. The first-order valence-electron chi connectivity index (χ1n) is 7.24. The van der Waals surface area contributed by atoms with Gasteiger partial charge in [-0.3, -0.25) is 4.79 Å². The van der Waals surface area contributed by atoms with Gasteiger partial charge in [-0.1, -0.05) is 11.6 Å². The van der Waals surface area contributed by atoms with Crippen LogP contribution in [0, 0.1) is 0 Å². The normalized spacial score (nSPS) is 13.2. The summed E-state index contributed by atoms with van der Waals surface area (Å²) < 4.78 is 32.1. The molecule has 0 heterocycles. The quantitative estimate of drug-likeness (QED) is 0.770. The van der Waals surface area contributed by atoms with Gasteiger partial charge in [0.05, 0.1) is 4.90 Å². The summed E-state index contributed by atoms with van der Waals surface area (Å²) in [5.41, 5.74) is -1.46. The number of hydrogen-bond acceptors (Lipinski definition) is 4. The smallest absolute Gasteiger partial charge is 0.321 e. The van der Waals surface area contributed by atoms with E-state index in [9.17, 15) is 13.2 Å². The Morgan fingerprint density at radius 2 is 1.57 bits per heavy atom. The average Bonchev–Trinajstić information content (AvgIpc) is 2.33. The number of carbonyl (C=O) groups excluding carboxylic acids is 1. The van der Waals surface area contributed by atoms with Crippen molar-refractivity contribution in [1.29, 1.82) is 0 Å². The summed E-state index contributed by atoms with van der Waals surface area (Å²) in [6.07, 6.45) is 0. The number of ether oxygens (including phenoxy) is 1. The van der Waals surface area contributed by atoms with Crippen molar-refractivity contribution < 1.29 is 17.9 Å². The van der Waals surface area contributed by atoms with Gasteiger partial charge in [-0.05, 0) is 65.8 Å². The molecule has 0 aliphatic carbocycles. The fourth-order valence-electron chi connectivity index (χ4n) is 1.91. The third-order valence-corrected chi connectivity index (χ3v) is 5.22. The Balaban J connectivity index is 3.16. The molecule has 0 amide bonds. The lowest BCUT2D eigenvalue weighted by atomic mass is 10.1. The van der Waals surface area contributed by atoms with E-state index in [1.807, 2.05) is 0 Å². The second-order valence-corrected chi connectivity index (χ2v) is 9.52. The summed E-state index contributed by atoms with van der Waals surface area (Å²) in [5, 5.41) is 0.443. The summed E-state index contributed by atoms with van der Waals surface area (Å²) in [6, 6.07) is 5.85. The maximum Gasteiger partial charge on any atom is 0.321 e. The minimum atomic E-state index is -3.85. The molecule has 1 aromatic carbocycles. The molecule has 0 N–H and O–H groups in total. The first-order chi connectivity index (χ1) is 10.2. The van der Waals surface area contributed by atoms with Gasteiger partial charge < -0.3 is 4.74 Å². The highest BCUT2D eigenvalue weighted by molar-refractivity contribution is 7.89. The fourth-order valence-corrected chi connectivity index (χ4v) is 3.76. The van der Waals surface area contributed by atoms with Crippen molar-refractivity contribution in [3.8, 4) is 0 Å². The largest absolute Gasteiger partial charge is 0.459 e. The molecule has 0 bridgehead atoms. The van der Waals surface area contributed by atoms with Crippen molar-refractivity contribution >= 4 is 27.6 Å². The number of hydrogen-bond donors (Lipinski definition) is 0. The third kappa shape index (κ3) is 5.79. The molecule has 0 spiro atoms. The van der Waals surface area contributed by atoms with Crippen LogP contribution in [0.25, 0.3) is 0 Å². The molecule has 0 aromatic heterocycles. The maximum absolute atomic E-state index is 12.9. The van der Waals surface area contributed by atoms with Crippen molar-refractivity contribution in [3.63, 3.8) is 0 Å². The second kappa shape index (κ2) is 6.79. The SMILES string of the molecule is CC(C)(C)OC(=O)CN(C(C)(C)C)S(=O)(=O)c1ccc(Cl)cc1. The van der Waals surface area contributed by atoms with E-state index in [-0.39, 0.29) is 11.4 Å². The van der Waals surface area contributed by atoms with E-state index in [2.05, 4.69) is 0 Å². The van der Waals surface area contributed by atoms with Crippen LogP contribution in [0.5, 0.6) is 0 Å². The first kappa shape index (κ1) is 19.9. The molecule has 1 aromatic rings. The van der Waals surface area contributed by atoms with E-state index >= 15 is 0 Å². The number of benzene rings is 1. The van der Waals surface area contributed by atoms with Crippen molar-refractivity contribution in [2.24, 2.45) is 0 Å². The zero-order valence-corrected chi connectivity index (χ0v) is 16.0. The lowest BCUT2D eigenvalue weighted by Crippen LogP contribution is -2.49. The van der Waals surface area contributed by atoms with E-state index in [0.717, 1.165) is 4.31 Å². The second-order valence-electron chi connectivity index (χ2n) is 7.22. The molecule has 23 heavy (non-hydrogen) atoms. The van der Waals surface area contributed by atoms with Gasteiger partial charge in [0.2, 0.25) is 10.0 Å². The van der Waals surface area contributed by atoms with E-state index in [1.54, 1.807) is 41.5 Å². The van der Waals surface area contributed by atoms with Gasteiger partial charge in [-0.15, -0.1) is 0 Å². The predicted molar refractivity (Wildman–Crippen MR) is 90.9 cm³/mol. The number of carbonyl (C=O) groups is 1. The van der Waals surface area contributed by atoms with Crippen LogP contribution >= 0.6 is 11.6 Å². The Kier molecular flexibility index (Phi) is 5.88. The molecule has 7 heteroatoms. The summed E-state index contributed by atoms with van der Waals surface area (Å²) in [4.78, 5) is 12.2. The molecule has 0 saturated carbocycles. The van der Waals surface area contributed by atoms with Crippen molar-refractivity contribution in [2.75, 3.05) is 6.54 Å². The van der Waals surface area contributed by atoms with Crippen LogP contribution in [0.4, 0.5) is 0 Å². The monoisotopic (exact) mass is 361 g/mol. The number of sulfonamides is 1. The van der Waals surface area contributed by atoms with Gasteiger partial charge in [0.1, 0.15) is 12.1 Å². The van der Waals surface area contributed by atoms with Gasteiger partial charge in [-0.2, -0.15) is 4.31 Å². The lowest BCUT2D eigenvalue weighted by Gasteiger charge is -2.34. The molecule has 0 aliphatic rings.